The number of aromatic nitrogens is 2. The van der Waals surface area contributed by atoms with Gasteiger partial charge in [-0.25, -0.2) is 9.78 Å². The largest absolute Gasteiger partial charge is 0.458 e. The number of cyclic esters (lactones) is 1. The summed E-state index contributed by atoms with van der Waals surface area (Å²) in [4.78, 5) is 41.5. The Bertz CT molecular complexity index is 1440. The molecule has 0 saturated heterocycles. The summed E-state index contributed by atoms with van der Waals surface area (Å²) < 4.78 is 6.68. The number of nitrogens with two attached hydrogens (primary N) is 1. The molecule has 1 aromatic carbocycles. The number of ether oxygens (including phenoxy) is 1. The van der Waals surface area contributed by atoms with E-state index in [1.54, 1.807) is 29.7 Å². The van der Waals surface area contributed by atoms with Crippen molar-refractivity contribution in [3.63, 3.8) is 0 Å². The van der Waals surface area contributed by atoms with E-state index in [1.165, 1.54) is 13.0 Å². The second kappa shape index (κ2) is 6.86. The number of nitrogen functional groups attached to an aromatic ring is 1. The SMILES string of the molecule is CC[C@@]1(O)C(=O)OCc2c1cc1n(c2=O)Cc2cc3c(N)c(C=CC(C)=O)ccc3nc2-1. The molecule has 0 fully saturated rings. The predicted octanol–water partition coefficient (Wildman–Crippen LogP) is 2.26. The van der Waals surface area contributed by atoms with Gasteiger partial charge >= 0.3 is 5.97 Å². The second-order valence-electron chi connectivity index (χ2n) is 8.18. The van der Waals surface area contributed by atoms with Gasteiger partial charge in [0.1, 0.15) is 6.61 Å². The van der Waals surface area contributed by atoms with Gasteiger partial charge in [-0.15, -0.1) is 0 Å². The van der Waals surface area contributed by atoms with Crippen molar-refractivity contribution in [2.45, 2.75) is 39.0 Å². The summed E-state index contributed by atoms with van der Waals surface area (Å²) >= 11 is 0. The number of hydrogen-bond acceptors (Lipinski definition) is 7. The molecule has 2 aliphatic heterocycles. The highest BCUT2D eigenvalue weighted by molar-refractivity contribution is 5.99. The third-order valence-electron chi connectivity index (χ3n) is 6.26. The number of esters is 1. The molecule has 0 unspecified atom stereocenters. The van der Waals surface area contributed by atoms with Crippen LogP contribution >= 0.6 is 0 Å². The van der Waals surface area contributed by atoms with Crippen LogP contribution in [0.4, 0.5) is 5.69 Å². The number of benzene rings is 1. The predicted molar refractivity (Wildman–Crippen MR) is 119 cm³/mol. The Morgan fingerprint density at radius 1 is 1.34 bits per heavy atom. The Balaban J connectivity index is 1.71. The maximum Gasteiger partial charge on any atom is 0.343 e. The summed E-state index contributed by atoms with van der Waals surface area (Å²) in [5, 5.41) is 11.7. The molecule has 3 N–H and O–H groups in total. The smallest absolute Gasteiger partial charge is 0.343 e. The van der Waals surface area contributed by atoms with E-state index in [4.69, 9.17) is 15.5 Å². The number of nitrogens with zero attached hydrogens (tertiary/aromatic N) is 2. The van der Waals surface area contributed by atoms with Crippen LogP contribution in [0.5, 0.6) is 0 Å². The third-order valence-corrected chi connectivity index (χ3v) is 6.26. The van der Waals surface area contributed by atoms with E-state index in [9.17, 15) is 19.5 Å². The molecule has 1 atom stereocenters. The van der Waals surface area contributed by atoms with Gasteiger partial charge in [-0.2, -0.15) is 0 Å². The van der Waals surface area contributed by atoms with Crippen molar-refractivity contribution in [2.75, 3.05) is 5.73 Å². The third kappa shape index (κ3) is 2.73. The standard InChI is InChI=1S/C24H21N3O5/c1-3-24(31)17-9-19-21-14(10-27(19)22(29)16(17)11-32-23(24)30)8-15-18(26-21)7-6-13(20(15)25)5-4-12(2)28/h4-9,31H,3,10-11,25H2,1-2H3/t24-/m0/s1. The lowest BCUT2D eigenvalue weighted by molar-refractivity contribution is -0.172. The summed E-state index contributed by atoms with van der Waals surface area (Å²) in [6.45, 7) is 3.27. The van der Waals surface area contributed by atoms with E-state index in [0.717, 1.165) is 10.9 Å². The van der Waals surface area contributed by atoms with Crippen LogP contribution in [0, 0.1) is 0 Å². The van der Waals surface area contributed by atoms with Crippen molar-refractivity contribution in [3.05, 3.63) is 62.9 Å². The molecule has 0 spiro atoms. The minimum absolute atomic E-state index is 0.0788. The van der Waals surface area contributed by atoms with Crippen LogP contribution in [0.2, 0.25) is 0 Å². The normalized spacial score (nSPS) is 19.0. The van der Waals surface area contributed by atoms with Crippen molar-refractivity contribution in [3.8, 4) is 11.4 Å². The first-order valence-corrected chi connectivity index (χ1v) is 10.3. The number of carbonyl (C=O) groups is 2. The number of carbonyl (C=O) groups excluding carboxylic acids is 2. The van der Waals surface area contributed by atoms with Crippen LogP contribution in [-0.4, -0.2) is 26.4 Å². The molecule has 0 aliphatic carbocycles. The van der Waals surface area contributed by atoms with E-state index >= 15 is 0 Å². The molecule has 8 nitrogen and oxygen atoms in total. The molecule has 162 valence electrons. The Kier molecular flexibility index (Phi) is 4.32. The van der Waals surface area contributed by atoms with Crippen LogP contribution in [0.1, 0.15) is 42.5 Å². The zero-order valence-electron chi connectivity index (χ0n) is 17.6. The van der Waals surface area contributed by atoms with Crippen molar-refractivity contribution in [1.82, 2.24) is 9.55 Å². The van der Waals surface area contributed by atoms with Gasteiger partial charge in [0.25, 0.3) is 5.56 Å². The van der Waals surface area contributed by atoms with Crippen LogP contribution < -0.4 is 11.3 Å². The molecule has 2 aliphatic rings. The molecule has 0 radical (unpaired) electrons. The van der Waals surface area contributed by atoms with E-state index in [2.05, 4.69) is 0 Å². The molecule has 3 aromatic rings. The summed E-state index contributed by atoms with van der Waals surface area (Å²) in [7, 11) is 0. The highest BCUT2D eigenvalue weighted by Crippen LogP contribution is 2.39. The topological polar surface area (TPSA) is 125 Å². The number of anilines is 1. The number of ketones is 1. The number of aliphatic hydroxyl groups is 1. The van der Waals surface area contributed by atoms with Gasteiger partial charge in [-0.1, -0.05) is 13.0 Å². The number of hydrogen-bond donors (Lipinski definition) is 2. The fourth-order valence-corrected chi connectivity index (χ4v) is 4.44. The molecule has 0 bridgehead atoms. The number of fused-ring (bicyclic) bond motifs is 5. The maximum absolute atomic E-state index is 13.2. The maximum atomic E-state index is 13.2. The van der Waals surface area contributed by atoms with Crippen molar-refractivity contribution >= 4 is 34.4 Å². The molecule has 5 rings (SSSR count). The Hall–Kier alpha value is -3.78. The molecular weight excluding hydrogens is 410 g/mol. The number of allylic oxidation sites excluding steroid dienone is 1. The van der Waals surface area contributed by atoms with Crippen molar-refractivity contribution in [2.24, 2.45) is 0 Å². The van der Waals surface area contributed by atoms with Crippen LogP contribution in [0.15, 0.2) is 35.1 Å². The Morgan fingerprint density at radius 3 is 2.84 bits per heavy atom. The zero-order chi connectivity index (χ0) is 22.8. The lowest BCUT2D eigenvalue weighted by atomic mass is 9.86. The summed E-state index contributed by atoms with van der Waals surface area (Å²) in [6.07, 6.45) is 3.21. The summed E-state index contributed by atoms with van der Waals surface area (Å²) in [5.41, 5.74) is 8.57. The molecule has 2 aromatic heterocycles. The second-order valence-corrected chi connectivity index (χ2v) is 8.18. The van der Waals surface area contributed by atoms with Gasteiger partial charge in [-0.3, -0.25) is 9.59 Å². The van der Waals surface area contributed by atoms with Gasteiger partial charge < -0.3 is 20.1 Å². The van der Waals surface area contributed by atoms with E-state index in [1.807, 2.05) is 12.1 Å². The average molecular weight is 431 g/mol. The number of rotatable bonds is 3. The Morgan fingerprint density at radius 2 is 2.12 bits per heavy atom. The van der Waals surface area contributed by atoms with Gasteiger partial charge in [0.05, 0.1) is 29.0 Å². The fourth-order valence-electron chi connectivity index (χ4n) is 4.44. The lowest BCUT2D eigenvalue weighted by Gasteiger charge is -2.31. The van der Waals surface area contributed by atoms with Gasteiger partial charge in [0.15, 0.2) is 11.4 Å². The molecular formula is C24H21N3O5. The first-order chi connectivity index (χ1) is 15.2. The van der Waals surface area contributed by atoms with Crippen LogP contribution in [0.25, 0.3) is 28.4 Å². The minimum Gasteiger partial charge on any atom is -0.458 e. The first kappa shape index (κ1) is 20.1. The van der Waals surface area contributed by atoms with E-state index < -0.39 is 11.6 Å². The summed E-state index contributed by atoms with van der Waals surface area (Å²) in [5.74, 6) is -0.828. The highest BCUT2D eigenvalue weighted by Gasteiger charge is 2.45. The zero-order valence-corrected chi connectivity index (χ0v) is 17.6. The van der Waals surface area contributed by atoms with E-state index in [0.29, 0.717) is 34.7 Å². The molecule has 0 saturated carbocycles. The van der Waals surface area contributed by atoms with Crippen molar-refractivity contribution in [1.29, 1.82) is 0 Å². The number of pyridine rings is 2. The van der Waals surface area contributed by atoms with Crippen LogP contribution in [0.3, 0.4) is 0 Å². The molecule has 32 heavy (non-hydrogen) atoms. The van der Waals surface area contributed by atoms with Gasteiger partial charge in [-0.05, 0) is 49.3 Å². The molecule has 8 heteroatoms. The Labute approximate surface area is 182 Å². The summed E-state index contributed by atoms with van der Waals surface area (Å²) in [6, 6.07) is 7.18. The van der Waals surface area contributed by atoms with E-state index in [-0.39, 0.29) is 35.5 Å². The quantitative estimate of drug-likeness (QED) is 0.290. The first-order valence-electron chi connectivity index (χ1n) is 10.3. The minimum atomic E-state index is -1.86. The van der Waals surface area contributed by atoms with Crippen molar-refractivity contribution < 1.29 is 19.4 Å². The fraction of sp³-hybridized carbons (Fsp3) is 0.250. The molecule has 0 amide bonds. The lowest BCUT2D eigenvalue weighted by Crippen LogP contribution is -2.44. The van der Waals surface area contributed by atoms with Gasteiger partial charge in [0.2, 0.25) is 0 Å². The van der Waals surface area contributed by atoms with Crippen LogP contribution in [-0.2, 0) is 33.1 Å². The average Bonchev–Trinajstić information content (AvgIpc) is 3.13. The monoisotopic (exact) mass is 431 g/mol. The highest BCUT2D eigenvalue weighted by atomic mass is 16.6. The molecule has 4 heterocycles. The van der Waals surface area contributed by atoms with Gasteiger partial charge in [0, 0.05) is 22.2 Å².